The fourth-order valence-electron chi connectivity index (χ4n) is 1.55. The average Bonchev–Trinajstić information content (AvgIpc) is 2.47. The van der Waals surface area contributed by atoms with Gasteiger partial charge in [0, 0.05) is 6.20 Å². The van der Waals surface area contributed by atoms with Crippen molar-refractivity contribution in [2.75, 3.05) is 0 Å². The van der Waals surface area contributed by atoms with Gasteiger partial charge in [-0.2, -0.15) is 0 Å². The molecule has 0 aliphatic heterocycles. The summed E-state index contributed by atoms with van der Waals surface area (Å²) in [4.78, 5) is 27.3. The van der Waals surface area contributed by atoms with Gasteiger partial charge >= 0.3 is 0 Å². The van der Waals surface area contributed by atoms with Gasteiger partial charge in [-0.3, -0.25) is 14.6 Å². The number of Topliss-reactive ketones (excluding diaryl/α,β-unsaturated/α-hetero) is 1. The van der Waals surface area contributed by atoms with Gasteiger partial charge in [0.15, 0.2) is 0 Å². The number of carbonyl (C=O) groups is 2. The molecule has 0 saturated carbocycles. The molecule has 0 unspecified atom stereocenters. The van der Waals surface area contributed by atoms with Crippen molar-refractivity contribution < 1.29 is 18.4 Å². The molecule has 2 rings (SSSR count). The highest BCUT2D eigenvalue weighted by molar-refractivity contribution is 6.42. The summed E-state index contributed by atoms with van der Waals surface area (Å²) in [6.07, 6.45) is 1.54. The Labute approximate surface area is 113 Å². The number of carbonyl (C=O) groups excluding carboxylic acids is 2. The molecule has 0 bridgehead atoms. The number of halogens is 2. The molecule has 1 amide bonds. The lowest BCUT2D eigenvalue weighted by atomic mass is 10.1. The molecule has 4 nitrogen and oxygen atoms in total. The Morgan fingerprint density at radius 1 is 1.15 bits per heavy atom. The first kappa shape index (κ1) is 13.8. The first-order valence-electron chi connectivity index (χ1n) is 5.75. The monoisotopic (exact) mass is 276 g/mol. The van der Waals surface area contributed by atoms with Crippen LogP contribution < -0.4 is 5.32 Å². The van der Waals surface area contributed by atoms with E-state index < -0.39 is 28.9 Å². The maximum Gasteiger partial charge on any atom is 0.292 e. The molecule has 1 heterocycles. The summed E-state index contributed by atoms with van der Waals surface area (Å²) in [5, 5.41) is 2.30. The largest absolute Gasteiger partial charge is 0.344 e. The van der Waals surface area contributed by atoms with Gasteiger partial charge in [-0.15, -0.1) is 0 Å². The molecular formula is C14H10F2N2O2. The molecule has 0 fully saturated rings. The lowest BCUT2D eigenvalue weighted by molar-refractivity contribution is -0.117. The smallest absolute Gasteiger partial charge is 0.292 e. The molecule has 0 radical (unpaired) electrons. The van der Waals surface area contributed by atoms with Crippen molar-refractivity contribution in [1.82, 2.24) is 10.3 Å². The summed E-state index contributed by atoms with van der Waals surface area (Å²) < 4.78 is 26.3. The Morgan fingerprint density at radius 2 is 1.95 bits per heavy atom. The van der Waals surface area contributed by atoms with Crippen LogP contribution in [-0.4, -0.2) is 16.7 Å². The van der Waals surface area contributed by atoms with Crippen molar-refractivity contribution >= 4 is 11.7 Å². The van der Waals surface area contributed by atoms with Crippen molar-refractivity contribution in [1.29, 1.82) is 0 Å². The minimum absolute atomic E-state index is 0.0301. The third kappa shape index (κ3) is 3.23. The van der Waals surface area contributed by atoms with E-state index in [1.165, 1.54) is 6.20 Å². The third-order valence-corrected chi connectivity index (χ3v) is 2.54. The first-order chi connectivity index (χ1) is 9.58. The topological polar surface area (TPSA) is 59.1 Å². The fraction of sp³-hybridized carbons (Fsp3) is 0.0714. The van der Waals surface area contributed by atoms with Crippen LogP contribution in [0.25, 0.3) is 0 Å². The van der Waals surface area contributed by atoms with Crippen LogP contribution in [0.4, 0.5) is 8.78 Å². The summed E-state index contributed by atoms with van der Waals surface area (Å²) in [6, 6.07) is 7.46. The Kier molecular flexibility index (Phi) is 4.14. The van der Waals surface area contributed by atoms with Gasteiger partial charge in [0.05, 0.1) is 17.8 Å². The van der Waals surface area contributed by atoms with Gasteiger partial charge in [-0.25, -0.2) is 8.78 Å². The zero-order valence-electron chi connectivity index (χ0n) is 10.3. The number of hydrogen-bond acceptors (Lipinski definition) is 3. The molecule has 0 saturated heterocycles. The standard InChI is InChI=1S/C14H10F2N2O2/c15-9-4-5-12(16)11(7-9)13(19)14(20)18-8-10-3-1-2-6-17-10/h1-7H,8H2,(H,18,20). The van der Waals surface area contributed by atoms with Crippen LogP contribution in [0.1, 0.15) is 16.1 Å². The summed E-state index contributed by atoms with van der Waals surface area (Å²) in [7, 11) is 0. The molecule has 0 aliphatic rings. The molecule has 20 heavy (non-hydrogen) atoms. The van der Waals surface area contributed by atoms with Crippen LogP contribution in [0, 0.1) is 11.6 Å². The zero-order chi connectivity index (χ0) is 14.5. The van der Waals surface area contributed by atoms with Gasteiger partial charge in [0.25, 0.3) is 11.7 Å². The van der Waals surface area contributed by atoms with E-state index in [0.29, 0.717) is 11.8 Å². The highest BCUT2D eigenvalue weighted by Crippen LogP contribution is 2.10. The van der Waals surface area contributed by atoms with Crippen molar-refractivity contribution in [3.05, 3.63) is 65.5 Å². The molecule has 1 aromatic heterocycles. The lowest BCUT2D eigenvalue weighted by Crippen LogP contribution is -2.31. The molecule has 102 valence electrons. The van der Waals surface area contributed by atoms with Crippen molar-refractivity contribution in [3.63, 3.8) is 0 Å². The second-order valence-electron chi connectivity index (χ2n) is 3.96. The predicted molar refractivity (Wildman–Crippen MR) is 66.8 cm³/mol. The Hall–Kier alpha value is -2.63. The number of nitrogens with one attached hydrogen (secondary N) is 1. The van der Waals surface area contributed by atoms with E-state index in [9.17, 15) is 18.4 Å². The number of amides is 1. The average molecular weight is 276 g/mol. The molecule has 6 heteroatoms. The zero-order valence-corrected chi connectivity index (χ0v) is 10.3. The quantitative estimate of drug-likeness (QED) is 0.685. The maximum atomic E-state index is 13.4. The van der Waals surface area contributed by atoms with E-state index in [2.05, 4.69) is 10.3 Å². The van der Waals surface area contributed by atoms with Gasteiger partial charge in [-0.05, 0) is 30.3 Å². The van der Waals surface area contributed by atoms with Crippen LogP contribution in [0.3, 0.4) is 0 Å². The van der Waals surface area contributed by atoms with Crippen molar-refractivity contribution in [2.45, 2.75) is 6.54 Å². The number of hydrogen-bond donors (Lipinski definition) is 1. The fourth-order valence-corrected chi connectivity index (χ4v) is 1.55. The Morgan fingerprint density at radius 3 is 2.65 bits per heavy atom. The van der Waals surface area contributed by atoms with Crippen LogP contribution in [0.2, 0.25) is 0 Å². The lowest BCUT2D eigenvalue weighted by Gasteiger charge is -2.05. The molecule has 0 atom stereocenters. The molecule has 1 N–H and O–H groups in total. The molecule has 1 aromatic carbocycles. The number of ketones is 1. The molecule has 0 spiro atoms. The highest BCUT2D eigenvalue weighted by Gasteiger charge is 2.20. The summed E-state index contributed by atoms with van der Waals surface area (Å²) in [6.45, 7) is 0.0301. The minimum atomic E-state index is -1.13. The van der Waals surface area contributed by atoms with Crippen molar-refractivity contribution in [2.24, 2.45) is 0 Å². The summed E-state index contributed by atoms with van der Waals surface area (Å²) in [5.74, 6) is -3.87. The minimum Gasteiger partial charge on any atom is -0.344 e. The van der Waals surface area contributed by atoms with E-state index in [1.807, 2.05) is 0 Å². The third-order valence-electron chi connectivity index (χ3n) is 2.54. The second-order valence-corrected chi connectivity index (χ2v) is 3.96. The Balaban J connectivity index is 2.06. The first-order valence-corrected chi connectivity index (χ1v) is 5.75. The normalized spacial score (nSPS) is 10.1. The number of benzene rings is 1. The van der Waals surface area contributed by atoms with Gasteiger partial charge < -0.3 is 5.32 Å². The van der Waals surface area contributed by atoms with E-state index >= 15 is 0 Å². The van der Waals surface area contributed by atoms with Crippen LogP contribution in [0.5, 0.6) is 0 Å². The summed E-state index contributed by atoms with van der Waals surface area (Å²) in [5.41, 5.74) is -0.0446. The van der Waals surface area contributed by atoms with E-state index in [1.54, 1.807) is 18.2 Å². The SMILES string of the molecule is O=C(NCc1ccccn1)C(=O)c1cc(F)ccc1F. The van der Waals surface area contributed by atoms with E-state index in [-0.39, 0.29) is 6.54 Å². The number of nitrogens with zero attached hydrogens (tertiary/aromatic N) is 1. The predicted octanol–water partition coefficient (Wildman–Crippen LogP) is 1.86. The number of aromatic nitrogens is 1. The van der Waals surface area contributed by atoms with E-state index in [4.69, 9.17) is 0 Å². The number of rotatable bonds is 4. The van der Waals surface area contributed by atoms with E-state index in [0.717, 1.165) is 12.1 Å². The maximum absolute atomic E-state index is 13.4. The van der Waals surface area contributed by atoms with Gasteiger partial charge in [0.2, 0.25) is 0 Å². The van der Waals surface area contributed by atoms with Crippen molar-refractivity contribution in [3.8, 4) is 0 Å². The molecule has 0 aliphatic carbocycles. The van der Waals surface area contributed by atoms with Gasteiger partial charge in [0.1, 0.15) is 11.6 Å². The molecule has 2 aromatic rings. The summed E-state index contributed by atoms with van der Waals surface area (Å²) >= 11 is 0. The van der Waals surface area contributed by atoms with Crippen LogP contribution >= 0.6 is 0 Å². The molecular weight excluding hydrogens is 266 g/mol. The van der Waals surface area contributed by atoms with Gasteiger partial charge in [-0.1, -0.05) is 6.07 Å². The Bertz CT molecular complexity index is 645. The van der Waals surface area contributed by atoms with Crippen LogP contribution in [0.15, 0.2) is 42.6 Å². The number of pyridine rings is 1. The highest BCUT2D eigenvalue weighted by atomic mass is 19.1. The second kappa shape index (κ2) is 6.01. The van der Waals surface area contributed by atoms with Crippen LogP contribution in [-0.2, 0) is 11.3 Å².